The zero-order chi connectivity index (χ0) is 12.9. The molecule has 0 spiro atoms. The first-order valence-corrected chi connectivity index (χ1v) is 5.73. The van der Waals surface area contributed by atoms with Gasteiger partial charge >= 0.3 is 0 Å². The highest BCUT2D eigenvalue weighted by Gasteiger charge is 2.17. The van der Waals surface area contributed by atoms with Crippen LogP contribution in [0.1, 0.15) is 27.2 Å². The summed E-state index contributed by atoms with van der Waals surface area (Å²) in [6, 6.07) is 7.36. The molecule has 0 fully saturated rings. The van der Waals surface area contributed by atoms with Gasteiger partial charge in [0.25, 0.3) is 0 Å². The molecule has 0 saturated heterocycles. The lowest BCUT2D eigenvalue weighted by Crippen LogP contribution is -2.36. The summed E-state index contributed by atoms with van der Waals surface area (Å²) in [4.78, 5) is 11.7. The van der Waals surface area contributed by atoms with E-state index >= 15 is 0 Å². The lowest BCUT2D eigenvalue weighted by atomic mass is 10.0. The van der Waals surface area contributed by atoms with Gasteiger partial charge < -0.3 is 15.8 Å². The molecular formula is C13H20N2O2. The number of amides is 1. The van der Waals surface area contributed by atoms with Crippen molar-refractivity contribution < 1.29 is 9.53 Å². The maximum atomic E-state index is 11.7. The molecule has 94 valence electrons. The molecule has 0 radical (unpaired) electrons. The van der Waals surface area contributed by atoms with E-state index in [1.807, 2.05) is 45.0 Å². The van der Waals surface area contributed by atoms with Crippen molar-refractivity contribution >= 4 is 11.6 Å². The molecule has 0 aliphatic heterocycles. The third-order valence-corrected chi connectivity index (χ3v) is 2.08. The normalized spacial score (nSPS) is 11.1. The minimum atomic E-state index is -0.509. The number of ether oxygens (including phenoxy) is 1. The minimum absolute atomic E-state index is 0.107. The monoisotopic (exact) mass is 236 g/mol. The molecule has 0 bridgehead atoms. The summed E-state index contributed by atoms with van der Waals surface area (Å²) in [5.41, 5.74) is 5.97. The first-order chi connectivity index (χ1) is 7.92. The van der Waals surface area contributed by atoms with Gasteiger partial charge in [0.2, 0.25) is 5.91 Å². The van der Waals surface area contributed by atoms with Gasteiger partial charge in [0.05, 0.1) is 12.3 Å². The molecule has 3 N–H and O–H groups in total. The first-order valence-electron chi connectivity index (χ1n) is 5.73. The van der Waals surface area contributed by atoms with E-state index in [1.165, 1.54) is 0 Å². The average molecular weight is 236 g/mol. The Morgan fingerprint density at radius 1 is 1.41 bits per heavy atom. The fraction of sp³-hybridized carbons (Fsp3) is 0.462. The predicted octanol–water partition coefficient (Wildman–Crippen LogP) is 2.15. The number of para-hydroxylation sites is 2. The molecule has 4 nitrogen and oxygen atoms in total. The summed E-state index contributed by atoms with van der Waals surface area (Å²) in [5, 5.41) is 2.81. The van der Waals surface area contributed by atoms with Crippen molar-refractivity contribution in [3.63, 3.8) is 0 Å². The maximum Gasteiger partial charge on any atom is 0.226 e. The van der Waals surface area contributed by atoms with Gasteiger partial charge in [-0.25, -0.2) is 0 Å². The maximum absolute atomic E-state index is 11.7. The number of benzene rings is 1. The Morgan fingerprint density at radius 2 is 2.06 bits per heavy atom. The van der Waals surface area contributed by atoms with E-state index in [1.54, 1.807) is 0 Å². The molecule has 17 heavy (non-hydrogen) atoms. The lowest BCUT2D eigenvalue weighted by Gasteiger charge is -2.18. The van der Waals surface area contributed by atoms with Gasteiger partial charge in [-0.3, -0.25) is 4.79 Å². The van der Waals surface area contributed by atoms with Crippen molar-refractivity contribution in [2.45, 2.75) is 32.7 Å². The van der Waals surface area contributed by atoms with E-state index in [-0.39, 0.29) is 12.3 Å². The number of nitrogens with one attached hydrogen (secondary N) is 1. The molecule has 0 aromatic heterocycles. The number of rotatable bonds is 5. The van der Waals surface area contributed by atoms with E-state index in [4.69, 9.17) is 10.5 Å². The van der Waals surface area contributed by atoms with E-state index in [9.17, 15) is 4.79 Å². The van der Waals surface area contributed by atoms with E-state index in [2.05, 4.69) is 5.32 Å². The zero-order valence-corrected chi connectivity index (χ0v) is 10.6. The van der Waals surface area contributed by atoms with E-state index in [0.717, 1.165) is 0 Å². The third kappa shape index (κ3) is 4.87. The summed E-state index contributed by atoms with van der Waals surface area (Å²) in [6.07, 6.45) is 0.271. The topological polar surface area (TPSA) is 64.3 Å². The quantitative estimate of drug-likeness (QED) is 0.823. The van der Waals surface area contributed by atoms with Crippen molar-refractivity contribution in [1.29, 1.82) is 0 Å². The highest BCUT2D eigenvalue weighted by Crippen LogP contribution is 2.24. The number of hydrogen-bond donors (Lipinski definition) is 2. The molecule has 1 aromatic rings. The molecule has 0 heterocycles. The standard InChI is InChI=1S/C13H20N2O2/c1-4-17-11-8-6-5-7-10(11)15-12(16)9-13(2,3)14/h5-8H,4,9,14H2,1-3H3,(H,15,16). The van der Waals surface area contributed by atoms with Crippen LogP contribution in [0.3, 0.4) is 0 Å². The highest BCUT2D eigenvalue weighted by molar-refractivity contribution is 5.92. The van der Waals surface area contributed by atoms with Crippen LogP contribution in [-0.2, 0) is 4.79 Å². The van der Waals surface area contributed by atoms with E-state index < -0.39 is 5.54 Å². The Hall–Kier alpha value is -1.55. The smallest absolute Gasteiger partial charge is 0.226 e. The van der Waals surface area contributed by atoms with Crippen molar-refractivity contribution in [3.05, 3.63) is 24.3 Å². The van der Waals surface area contributed by atoms with Crippen LogP contribution < -0.4 is 15.8 Å². The molecule has 1 amide bonds. The molecule has 0 aliphatic rings. The van der Waals surface area contributed by atoms with Crippen LogP contribution in [0.25, 0.3) is 0 Å². The highest BCUT2D eigenvalue weighted by atomic mass is 16.5. The van der Waals surface area contributed by atoms with Crippen LogP contribution in [0.5, 0.6) is 5.75 Å². The fourth-order valence-electron chi connectivity index (χ4n) is 1.46. The van der Waals surface area contributed by atoms with Crippen LogP contribution in [-0.4, -0.2) is 18.1 Å². The number of hydrogen-bond acceptors (Lipinski definition) is 3. The van der Waals surface area contributed by atoms with Gasteiger partial charge in [-0.1, -0.05) is 12.1 Å². The van der Waals surface area contributed by atoms with Crippen LogP contribution in [0, 0.1) is 0 Å². The second-order valence-electron chi connectivity index (χ2n) is 4.64. The van der Waals surface area contributed by atoms with Crippen molar-refractivity contribution in [1.82, 2.24) is 0 Å². The molecule has 4 heteroatoms. The Bertz CT molecular complexity index is 383. The second kappa shape index (κ2) is 5.68. The zero-order valence-electron chi connectivity index (χ0n) is 10.6. The molecule has 0 saturated carbocycles. The van der Waals surface area contributed by atoms with E-state index in [0.29, 0.717) is 18.0 Å². The molecule has 0 unspecified atom stereocenters. The fourth-order valence-corrected chi connectivity index (χ4v) is 1.46. The van der Waals surface area contributed by atoms with Gasteiger partial charge in [0.1, 0.15) is 5.75 Å². The van der Waals surface area contributed by atoms with Crippen molar-refractivity contribution in [3.8, 4) is 5.75 Å². The van der Waals surface area contributed by atoms with Gasteiger partial charge in [-0.05, 0) is 32.9 Å². The molecule has 0 atom stereocenters. The number of carbonyl (C=O) groups is 1. The van der Waals surface area contributed by atoms with Crippen LogP contribution >= 0.6 is 0 Å². The SMILES string of the molecule is CCOc1ccccc1NC(=O)CC(C)(C)N. The largest absolute Gasteiger partial charge is 0.492 e. The van der Waals surface area contributed by atoms with Crippen LogP contribution in [0.4, 0.5) is 5.69 Å². The average Bonchev–Trinajstić information content (AvgIpc) is 2.18. The number of anilines is 1. The summed E-state index contributed by atoms with van der Waals surface area (Å²) in [6.45, 7) is 6.11. The van der Waals surface area contributed by atoms with Gasteiger partial charge in [0, 0.05) is 12.0 Å². The van der Waals surface area contributed by atoms with Crippen LogP contribution in [0.15, 0.2) is 24.3 Å². The molecule has 0 aliphatic carbocycles. The minimum Gasteiger partial charge on any atom is -0.492 e. The summed E-state index contributed by atoms with van der Waals surface area (Å²) in [5.74, 6) is 0.572. The first kappa shape index (κ1) is 13.5. The molecule has 1 aromatic carbocycles. The summed E-state index contributed by atoms with van der Waals surface area (Å²) >= 11 is 0. The predicted molar refractivity (Wildman–Crippen MR) is 69.1 cm³/mol. The third-order valence-electron chi connectivity index (χ3n) is 2.08. The molecule has 1 rings (SSSR count). The summed E-state index contributed by atoms with van der Waals surface area (Å²) < 4.78 is 5.42. The summed E-state index contributed by atoms with van der Waals surface area (Å²) in [7, 11) is 0. The van der Waals surface area contributed by atoms with Crippen LogP contribution in [0.2, 0.25) is 0 Å². The van der Waals surface area contributed by atoms with Crippen molar-refractivity contribution in [2.75, 3.05) is 11.9 Å². The Balaban J connectivity index is 2.71. The second-order valence-corrected chi connectivity index (χ2v) is 4.64. The lowest BCUT2D eigenvalue weighted by molar-refractivity contribution is -0.117. The molecular weight excluding hydrogens is 216 g/mol. The van der Waals surface area contributed by atoms with Gasteiger partial charge in [-0.2, -0.15) is 0 Å². The number of nitrogens with two attached hydrogens (primary N) is 1. The Labute approximate surface area is 102 Å². The van der Waals surface area contributed by atoms with Gasteiger partial charge in [0.15, 0.2) is 0 Å². The van der Waals surface area contributed by atoms with Crippen molar-refractivity contribution in [2.24, 2.45) is 5.73 Å². The Morgan fingerprint density at radius 3 is 2.65 bits per heavy atom. The number of carbonyl (C=O) groups excluding carboxylic acids is 1. The van der Waals surface area contributed by atoms with Gasteiger partial charge in [-0.15, -0.1) is 0 Å². The Kier molecular flexibility index (Phi) is 4.52.